The van der Waals surface area contributed by atoms with Gasteiger partial charge in [-0.25, -0.2) is 0 Å². The lowest BCUT2D eigenvalue weighted by atomic mass is 10.7. The highest BCUT2D eigenvalue weighted by molar-refractivity contribution is 7.87. The summed E-state index contributed by atoms with van der Waals surface area (Å²) in [7, 11) is -0.604. The zero-order valence-electron chi connectivity index (χ0n) is 5.98. The summed E-state index contributed by atoms with van der Waals surface area (Å²) in [5.41, 5.74) is 0. The van der Waals surface area contributed by atoms with Gasteiger partial charge in [0.1, 0.15) is 0 Å². The molecule has 0 bridgehead atoms. The van der Waals surface area contributed by atoms with E-state index in [1.54, 1.807) is 0 Å². The van der Waals surface area contributed by atoms with E-state index < -0.39 is 10.2 Å². The van der Waals surface area contributed by atoms with E-state index in [4.69, 9.17) is 0 Å². The predicted octanol–water partition coefficient (Wildman–Crippen LogP) is 0.0496. The van der Waals surface area contributed by atoms with Gasteiger partial charge in [0.15, 0.2) is 0 Å². The van der Waals surface area contributed by atoms with Crippen LogP contribution in [0, 0.1) is 0 Å². The molecule has 0 spiro atoms. The van der Waals surface area contributed by atoms with Crippen molar-refractivity contribution in [2.75, 3.05) is 14.1 Å². The maximum absolute atomic E-state index is 10.8. The lowest BCUT2D eigenvalue weighted by molar-refractivity contribution is 0.523. The lowest BCUT2D eigenvalue weighted by Gasteiger charge is -2.03. The van der Waals surface area contributed by atoms with Crippen molar-refractivity contribution in [1.29, 1.82) is 0 Å². The van der Waals surface area contributed by atoms with E-state index in [0.717, 1.165) is 10.5 Å². The summed E-state index contributed by atoms with van der Waals surface area (Å²) in [5.74, 6) is 0. The fourth-order valence-corrected chi connectivity index (χ4v) is 0.643. The Morgan fingerprint density at radius 1 is 1.50 bits per heavy atom. The van der Waals surface area contributed by atoms with Crippen LogP contribution in [0.3, 0.4) is 0 Å². The molecule has 0 saturated carbocycles. The molecule has 0 N–H and O–H groups in total. The van der Waals surface area contributed by atoms with Gasteiger partial charge in [-0.05, 0) is 0 Å². The van der Waals surface area contributed by atoms with Crippen molar-refractivity contribution in [3.8, 4) is 0 Å². The Morgan fingerprint density at radius 3 is 2.30 bits per heavy atom. The molecule has 4 nitrogen and oxygen atoms in total. The fraction of sp³-hybridized carbons (Fsp3) is 0.400. The molecule has 0 rings (SSSR count). The van der Waals surface area contributed by atoms with E-state index >= 15 is 0 Å². The molecule has 0 atom stereocenters. The Balaban J connectivity index is 4.44. The maximum atomic E-state index is 10.8. The third-order valence-electron chi connectivity index (χ3n) is 0.761. The Kier molecular flexibility index (Phi) is 3.24. The van der Waals surface area contributed by atoms with Crippen molar-refractivity contribution >= 4 is 16.4 Å². The molecular formula is C5H10N2O2S. The maximum Gasteiger partial charge on any atom is 0.321 e. The van der Waals surface area contributed by atoms with Gasteiger partial charge in [-0.1, -0.05) is 12.7 Å². The smallest absolute Gasteiger partial charge is 0.189 e. The van der Waals surface area contributed by atoms with Crippen LogP contribution in [-0.2, 0) is 10.2 Å². The molecule has 0 radical (unpaired) electrons. The molecule has 0 aromatic carbocycles. The summed E-state index contributed by atoms with van der Waals surface area (Å²) in [6.07, 6.45) is 2.44. The second kappa shape index (κ2) is 3.48. The van der Waals surface area contributed by atoms with E-state index in [1.165, 1.54) is 20.2 Å². The monoisotopic (exact) mass is 162 g/mol. The van der Waals surface area contributed by atoms with Crippen molar-refractivity contribution in [2.24, 2.45) is 4.40 Å². The van der Waals surface area contributed by atoms with Crippen LogP contribution in [0.2, 0.25) is 0 Å². The molecule has 0 aliphatic heterocycles. The van der Waals surface area contributed by atoms with Crippen LogP contribution >= 0.6 is 0 Å². The minimum Gasteiger partial charge on any atom is -0.189 e. The minimum atomic E-state index is -3.43. The number of hydrogen-bond acceptors (Lipinski definition) is 2. The minimum absolute atomic E-state index is 1.02. The first-order valence-electron chi connectivity index (χ1n) is 2.59. The number of allylic oxidation sites excluding steroid dienone is 1. The summed E-state index contributed by atoms with van der Waals surface area (Å²) < 4.78 is 25.8. The molecule has 0 saturated heterocycles. The van der Waals surface area contributed by atoms with E-state index in [9.17, 15) is 8.42 Å². The summed E-state index contributed by atoms with van der Waals surface area (Å²) in [6.45, 7) is 3.29. The van der Waals surface area contributed by atoms with Crippen LogP contribution in [-0.4, -0.2) is 33.0 Å². The highest BCUT2D eigenvalue weighted by Gasteiger charge is 2.07. The number of hydrogen-bond donors (Lipinski definition) is 0. The van der Waals surface area contributed by atoms with E-state index in [-0.39, 0.29) is 0 Å². The molecular weight excluding hydrogens is 152 g/mol. The third-order valence-corrected chi connectivity index (χ3v) is 2.07. The molecule has 0 amide bonds. The Bertz CT molecular complexity index is 228. The van der Waals surface area contributed by atoms with Gasteiger partial charge in [0.2, 0.25) is 0 Å². The van der Waals surface area contributed by atoms with E-state index in [1.807, 2.05) is 0 Å². The van der Waals surface area contributed by atoms with Gasteiger partial charge in [0, 0.05) is 20.3 Å². The molecule has 0 fully saturated rings. The molecule has 0 unspecified atom stereocenters. The molecule has 0 heterocycles. The van der Waals surface area contributed by atoms with Crippen LogP contribution in [0.15, 0.2) is 17.1 Å². The SMILES string of the molecule is C=CC=NS(=O)(=O)N(C)C. The fourth-order valence-electron chi connectivity index (χ4n) is 0.214. The van der Waals surface area contributed by atoms with E-state index in [0.29, 0.717) is 0 Å². The second-order valence-corrected chi connectivity index (χ2v) is 3.59. The van der Waals surface area contributed by atoms with Crippen LogP contribution in [0.1, 0.15) is 0 Å². The summed E-state index contributed by atoms with van der Waals surface area (Å²) in [5, 5.41) is 0. The summed E-state index contributed by atoms with van der Waals surface area (Å²) >= 11 is 0. The third kappa shape index (κ3) is 2.75. The Labute approximate surface area is 61.1 Å². The second-order valence-electron chi connectivity index (χ2n) is 1.75. The first kappa shape index (κ1) is 9.32. The zero-order chi connectivity index (χ0) is 8.20. The molecule has 58 valence electrons. The topological polar surface area (TPSA) is 49.7 Å². The summed E-state index contributed by atoms with van der Waals surface area (Å²) in [4.78, 5) is 0. The molecule has 0 aromatic rings. The average Bonchev–Trinajstić information content (AvgIpc) is 1.84. The van der Waals surface area contributed by atoms with Crippen molar-refractivity contribution in [3.05, 3.63) is 12.7 Å². The standard InChI is InChI=1S/C5H10N2O2S/c1-4-5-6-10(8,9)7(2)3/h4-5H,1H2,2-3H3. The highest BCUT2D eigenvalue weighted by Crippen LogP contribution is 1.93. The van der Waals surface area contributed by atoms with Crippen LogP contribution in [0.5, 0.6) is 0 Å². The van der Waals surface area contributed by atoms with Crippen LogP contribution in [0.4, 0.5) is 0 Å². The number of nitrogens with zero attached hydrogens (tertiary/aromatic N) is 2. The molecule has 10 heavy (non-hydrogen) atoms. The Hall–Kier alpha value is -0.680. The first-order chi connectivity index (χ1) is 4.50. The quantitative estimate of drug-likeness (QED) is 0.550. The zero-order valence-corrected chi connectivity index (χ0v) is 6.80. The number of rotatable bonds is 3. The highest BCUT2D eigenvalue weighted by atomic mass is 32.2. The molecule has 0 aliphatic carbocycles. The normalized spacial score (nSPS) is 12.7. The van der Waals surface area contributed by atoms with Crippen molar-refractivity contribution < 1.29 is 8.42 Å². The molecule has 0 aromatic heterocycles. The van der Waals surface area contributed by atoms with Gasteiger partial charge in [-0.3, -0.25) is 0 Å². The predicted molar refractivity (Wildman–Crippen MR) is 41.3 cm³/mol. The van der Waals surface area contributed by atoms with Gasteiger partial charge in [-0.2, -0.15) is 17.1 Å². The van der Waals surface area contributed by atoms with Gasteiger partial charge >= 0.3 is 10.2 Å². The van der Waals surface area contributed by atoms with Crippen molar-refractivity contribution in [3.63, 3.8) is 0 Å². The Morgan fingerprint density at radius 2 is 2.00 bits per heavy atom. The van der Waals surface area contributed by atoms with Crippen molar-refractivity contribution in [1.82, 2.24) is 4.31 Å². The van der Waals surface area contributed by atoms with Crippen molar-refractivity contribution in [2.45, 2.75) is 0 Å². The van der Waals surface area contributed by atoms with Gasteiger partial charge in [0.25, 0.3) is 0 Å². The summed E-state index contributed by atoms with van der Waals surface area (Å²) in [6, 6.07) is 0. The molecule has 5 heteroatoms. The van der Waals surface area contributed by atoms with Crippen LogP contribution < -0.4 is 0 Å². The van der Waals surface area contributed by atoms with E-state index in [2.05, 4.69) is 11.0 Å². The average molecular weight is 162 g/mol. The van der Waals surface area contributed by atoms with Crippen LogP contribution in [0.25, 0.3) is 0 Å². The van der Waals surface area contributed by atoms with Gasteiger partial charge < -0.3 is 0 Å². The first-order valence-corrected chi connectivity index (χ1v) is 3.99. The van der Waals surface area contributed by atoms with Gasteiger partial charge in [0.05, 0.1) is 0 Å². The molecule has 0 aliphatic rings. The largest absolute Gasteiger partial charge is 0.321 e. The lowest BCUT2D eigenvalue weighted by Crippen LogP contribution is -2.19. The van der Waals surface area contributed by atoms with Gasteiger partial charge in [-0.15, -0.1) is 0 Å².